The van der Waals surface area contributed by atoms with Gasteiger partial charge in [0, 0.05) is 60.3 Å². The Labute approximate surface area is 135 Å². The van der Waals surface area contributed by atoms with E-state index in [1.165, 1.54) is 6.21 Å². The number of rotatable bonds is 2. The molecule has 1 aromatic rings. The predicted octanol–water partition coefficient (Wildman–Crippen LogP) is 2.51. The average Bonchev–Trinajstić information content (AvgIpc) is 2.76. The maximum atomic E-state index is 11.8. The summed E-state index contributed by atoms with van der Waals surface area (Å²) in [5, 5.41) is 8.20. The lowest BCUT2D eigenvalue weighted by atomic mass is 9.85. The van der Waals surface area contributed by atoms with Crippen molar-refractivity contribution in [3.8, 4) is 0 Å². The second kappa shape index (κ2) is 5.47. The van der Waals surface area contributed by atoms with Crippen LogP contribution in [0.5, 0.6) is 0 Å². The molecule has 2 heterocycles. The number of carbonyl (C=O) groups excluding carboxylic acids is 1. The molecule has 1 spiro atoms. The van der Waals surface area contributed by atoms with Crippen LogP contribution in [0, 0.1) is 5.41 Å². The van der Waals surface area contributed by atoms with Gasteiger partial charge in [-0.25, -0.2) is 0 Å². The fraction of sp³-hybridized carbons (Fsp3) is 0.500. The smallest absolute Gasteiger partial charge is 0.222 e. The molecule has 5 nitrogen and oxygen atoms in total. The van der Waals surface area contributed by atoms with E-state index >= 15 is 0 Å². The van der Waals surface area contributed by atoms with Crippen LogP contribution in [-0.2, 0) is 4.79 Å². The van der Waals surface area contributed by atoms with Crippen molar-refractivity contribution in [1.82, 2.24) is 4.90 Å². The van der Waals surface area contributed by atoms with Crippen LogP contribution in [0.25, 0.3) is 0 Å². The van der Waals surface area contributed by atoms with Gasteiger partial charge in [0.05, 0.1) is 0 Å². The summed E-state index contributed by atoms with van der Waals surface area (Å²) in [7, 11) is 1.92. The van der Waals surface area contributed by atoms with E-state index in [-0.39, 0.29) is 11.4 Å². The first kappa shape index (κ1) is 15.2. The lowest BCUT2D eigenvalue weighted by molar-refractivity contribution is -0.130. The third kappa shape index (κ3) is 2.33. The SMILES string of the molecule is CN1C(=O)CCC12CCN(c1cc(Cl)cc(N)c1C=N)CC2. The number of carbonyl (C=O) groups is 1. The molecular weight excluding hydrogens is 300 g/mol. The monoisotopic (exact) mass is 320 g/mol. The standard InChI is InChI=1S/C16H21ClN4O/c1-20-15(22)2-3-16(20)4-6-21(7-5-16)14-9-11(17)8-13(19)12(14)10-18/h8-10,18H,2-7,19H2,1H3. The van der Waals surface area contributed by atoms with Gasteiger partial charge in [0.25, 0.3) is 0 Å². The number of nitrogen functional groups attached to an aromatic ring is 1. The van der Waals surface area contributed by atoms with Gasteiger partial charge in [0.1, 0.15) is 0 Å². The topological polar surface area (TPSA) is 73.4 Å². The van der Waals surface area contributed by atoms with Crippen LogP contribution >= 0.6 is 11.6 Å². The molecule has 0 bridgehead atoms. The van der Waals surface area contributed by atoms with Crippen molar-refractivity contribution in [1.29, 1.82) is 5.41 Å². The third-order valence-corrected chi connectivity index (χ3v) is 5.44. The lowest BCUT2D eigenvalue weighted by Gasteiger charge is -2.44. The number of amides is 1. The maximum absolute atomic E-state index is 11.8. The molecule has 2 fully saturated rings. The highest BCUT2D eigenvalue weighted by atomic mass is 35.5. The number of likely N-dealkylation sites (tertiary alicyclic amines) is 1. The molecule has 0 radical (unpaired) electrons. The van der Waals surface area contributed by atoms with E-state index in [2.05, 4.69) is 4.90 Å². The van der Waals surface area contributed by atoms with E-state index in [9.17, 15) is 4.79 Å². The van der Waals surface area contributed by atoms with Gasteiger partial charge in [-0.05, 0) is 31.4 Å². The maximum Gasteiger partial charge on any atom is 0.222 e. The lowest BCUT2D eigenvalue weighted by Crippen LogP contribution is -2.51. The zero-order valence-electron chi connectivity index (χ0n) is 12.7. The molecule has 1 aromatic carbocycles. The molecule has 6 heteroatoms. The van der Waals surface area contributed by atoms with Crippen LogP contribution in [-0.4, -0.2) is 42.7 Å². The Bertz CT molecular complexity index is 623. The molecular formula is C16H21ClN4O. The van der Waals surface area contributed by atoms with Crippen molar-refractivity contribution in [2.24, 2.45) is 0 Å². The Morgan fingerprint density at radius 3 is 2.55 bits per heavy atom. The molecule has 0 aliphatic carbocycles. The van der Waals surface area contributed by atoms with E-state index in [4.69, 9.17) is 22.7 Å². The van der Waals surface area contributed by atoms with E-state index in [1.54, 1.807) is 6.07 Å². The fourth-order valence-electron chi connectivity index (χ4n) is 3.73. The van der Waals surface area contributed by atoms with Crippen molar-refractivity contribution < 1.29 is 4.79 Å². The average molecular weight is 321 g/mol. The quantitative estimate of drug-likeness (QED) is 0.649. The molecule has 118 valence electrons. The van der Waals surface area contributed by atoms with Gasteiger partial charge in [-0.15, -0.1) is 0 Å². The Balaban J connectivity index is 1.83. The second-order valence-corrected chi connectivity index (χ2v) is 6.67. The summed E-state index contributed by atoms with van der Waals surface area (Å²) < 4.78 is 0. The Morgan fingerprint density at radius 1 is 1.32 bits per heavy atom. The third-order valence-electron chi connectivity index (χ3n) is 5.22. The Morgan fingerprint density at radius 2 is 2.00 bits per heavy atom. The van der Waals surface area contributed by atoms with Crippen LogP contribution in [0.3, 0.4) is 0 Å². The number of nitrogens with two attached hydrogens (primary N) is 1. The fourth-order valence-corrected chi connectivity index (χ4v) is 3.95. The highest BCUT2D eigenvalue weighted by molar-refractivity contribution is 6.31. The molecule has 0 aromatic heterocycles. The van der Waals surface area contributed by atoms with Gasteiger partial charge >= 0.3 is 0 Å². The van der Waals surface area contributed by atoms with Gasteiger partial charge in [-0.2, -0.15) is 0 Å². The number of piperidine rings is 1. The van der Waals surface area contributed by atoms with Crippen LogP contribution < -0.4 is 10.6 Å². The summed E-state index contributed by atoms with van der Waals surface area (Å²) in [6, 6.07) is 3.56. The number of anilines is 2. The molecule has 0 saturated carbocycles. The van der Waals surface area contributed by atoms with E-state index in [0.29, 0.717) is 17.1 Å². The van der Waals surface area contributed by atoms with Crippen LogP contribution in [0.4, 0.5) is 11.4 Å². The van der Waals surface area contributed by atoms with Crippen molar-refractivity contribution in [2.45, 2.75) is 31.2 Å². The highest BCUT2D eigenvalue weighted by Gasteiger charge is 2.45. The molecule has 0 unspecified atom stereocenters. The minimum atomic E-state index is 0.0164. The predicted molar refractivity (Wildman–Crippen MR) is 89.9 cm³/mol. The number of halogens is 1. The molecule has 2 saturated heterocycles. The van der Waals surface area contributed by atoms with Crippen molar-refractivity contribution in [3.05, 3.63) is 22.7 Å². The highest BCUT2D eigenvalue weighted by Crippen LogP contribution is 2.40. The van der Waals surface area contributed by atoms with E-state index < -0.39 is 0 Å². The van der Waals surface area contributed by atoms with Crippen molar-refractivity contribution in [2.75, 3.05) is 30.8 Å². The number of nitrogens with zero attached hydrogens (tertiary/aromatic N) is 2. The summed E-state index contributed by atoms with van der Waals surface area (Å²) in [6.07, 6.45) is 4.78. The number of benzene rings is 1. The largest absolute Gasteiger partial charge is 0.398 e. The minimum absolute atomic E-state index is 0.0164. The molecule has 2 aliphatic heterocycles. The normalized spacial score (nSPS) is 20.7. The van der Waals surface area contributed by atoms with E-state index in [0.717, 1.165) is 43.6 Å². The summed E-state index contributed by atoms with van der Waals surface area (Å²) in [5.74, 6) is 0.251. The second-order valence-electron chi connectivity index (χ2n) is 6.24. The Hall–Kier alpha value is -1.75. The zero-order valence-corrected chi connectivity index (χ0v) is 13.5. The molecule has 3 rings (SSSR count). The van der Waals surface area contributed by atoms with Gasteiger partial charge in [-0.1, -0.05) is 11.6 Å². The molecule has 2 aliphatic rings. The van der Waals surface area contributed by atoms with Gasteiger partial charge in [0.15, 0.2) is 0 Å². The molecule has 0 atom stereocenters. The van der Waals surface area contributed by atoms with Gasteiger partial charge in [0.2, 0.25) is 5.91 Å². The van der Waals surface area contributed by atoms with Crippen LogP contribution in [0.1, 0.15) is 31.2 Å². The first-order chi connectivity index (χ1) is 10.5. The van der Waals surface area contributed by atoms with E-state index in [1.807, 2.05) is 18.0 Å². The first-order valence-electron chi connectivity index (χ1n) is 7.58. The zero-order chi connectivity index (χ0) is 15.9. The van der Waals surface area contributed by atoms with Crippen molar-refractivity contribution >= 4 is 35.1 Å². The molecule has 1 amide bonds. The summed E-state index contributed by atoms with van der Waals surface area (Å²) in [5.41, 5.74) is 8.17. The van der Waals surface area contributed by atoms with Gasteiger partial charge < -0.3 is 20.9 Å². The Kier molecular flexibility index (Phi) is 3.77. The summed E-state index contributed by atoms with van der Waals surface area (Å²) in [4.78, 5) is 16.0. The molecule has 3 N–H and O–H groups in total. The number of hydrogen-bond donors (Lipinski definition) is 2. The summed E-state index contributed by atoms with van der Waals surface area (Å²) in [6.45, 7) is 1.69. The first-order valence-corrected chi connectivity index (χ1v) is 7.96. The van der Waals surface area contributed by atoms with Crippen LogP contribution in [0.2, 0.25) is 5.02 Å². The van der Waals surface area contributed by atoms with Crippen molar-refractivity contribution in [3.63, 3.8) is 0 Å². The van der Waals surface area contributed by atoms with Gasteiger partial charge in [-0.3, -0.25) is 4.79 Å². The number of hydrogen-bond acceptors (Lipinski definition) is 4. The molecule has 22 heavy (non-hydrogen) atoms. The minimum Gasteiger partial charge on any atom is -0.398 e. The van der Waals surface area contributed by atoms with Crippen LogP contribution in [0.15, 0.2) is 12.1 Å². The summed E-state index contributed by atoms with van der Waals surface area (Å²) >= 11 is 6.13. The number of nitrogens with one attached hydrogen (secondary N) is 1.